The van der Waals surface area contributed by atoms with Gasteiger partial charge in [-0.1, -0.05) is 13.8 Å². The molecule has 1 aromatic rings. The number of benzene rings is 1. The van der Waals surface area contributed by atoms with Crippen LogP contribution in [0.4, 0.5) is 0 Å². The minimum atomic E-state index is -0.369. The Morgan fingerprint density at radius 2 is 1.90 bits per heavy atom. The average molecular weight is 310 g/mol. The average Bonchev–Trinajstić information content (AvgIpc) is 2.47. The summed E-state index contributed by atoms with van der Waals surface area (Å²) in [6.07, 6.45) is 0. The summed E-state index contributed by atoms with van der Waals surface area (Å²) in [5.41, 5.74) is 5.44. The lowest BCUT2D eigenvalue weighted by Crippen LogP contribution is -2.56. The molecule has 4 nitrogen and oxygen atoms in total. The van der Waals surface area contributed by atoms with Crippen LogP contribution in [0.2, 0.25) is 0 Å². The number of thioether (sulfide) groups is 1. The van der Waals surface area contributed by atoms with E-state index in [1.165, 1.54) is 11.8 Å². The predicted molar refractivity (Wildman–Crippen MR) is 88.8 cm³/mol. The van der Waals surface area contributed by atoms with E-state index in [1.54, 1.807) is 7.11 Å². The number of ether oxygens (including phenoxy) is 1. The molecule has 2 unspecified atom stereocenters. The monoisotopic (exact) mass is 310 g/mol. The molecule has 5 heteroatoms. The van der Waals surface area contributed by atoms with Gasteiger partial charge in [-0.3, -0.25) is 4.79 Å². The lowest BCUT2D eigenvalue weighted by atomic mass is 9.88. The van der Waals surface area contributed by atoms with Crippen LogP contribution >= 0.6 is 11.8 Å². The number of amides is 1. The summed E-state index contributed by atoms with van der Waals surface area (Å²) < 4.78 is 5.13. The molecule has 0 fully saturated rings. The first-order valence-electron chi connectivity index (χ1n) is 7.15. The molecule has 0 heterocycles. The fraction of sp³-hybridized carbons (Fsp3) is 0.562. The molecule has 0 aliphatic heterocycles. The molecule has 0 saturated carbocycles. The van der Waals surface area contributed by atoms with Crippen molar-refractivity contribution in [1.82, 2.24) is 5.32 Å². The zero-order valence-corrected chi connectivity index (χ0v) is 14.3. The second-order valence-electron chi connectivity index (χ2n) is 5.70. The van der Waals surface area contributed by atoms with Crippen molar-refractivity contribution in [1.29, 1.82) is 0 Å². The van der Waals surface area contributed by atoms with E-state index in [0.717, 1.165) is 10.6 Å². The number of nitrogens with two attached hydrogens (primary N) is 1. The van der Waals surface area contributed by atoms with Crippen LogP contribution in [0.15, 0.2) is 29.2 Å². The molecule has 21 heavy (non-hydrogen) atoms. The maximum absolute atomic E-state index is 12.3. The summed E-state index contributed by atoms with van der Waals surface area (Å²) in [4.78, 5) is 13.4. The normalized spacial score (nSPS) is 15.4. The van der Waals surface area contributed by atoms with Crippen molar-refractivity contribution >= 4 is 17.7 Å². The van der Waals surface area contributed by atoms with Crippen LogP contribution in [-0.2, 0) is 4.79 Å². The van der Waals surface area contributed by atoms with Crippen molar-refractivity contribution in [3.63, 3.8) is 0 Å². The Bertz CT molecular complexity index is 462. The number of hydrogen-bond donors (Lipinski definition) is 2. The lowest BCUT2D eigenvalue weighted by molar-refractivity contribution is -0.122. The third-order valence-corrected chi connectivity index (χ3v) is 4.96. The topological polar surface area (TPSA) is 64.3 Å². The van der Waals surface area contributed by atoms with Crippen LogP contribution in [0, 0.1) is 5.92 Å². The second-order valence-corrected chi connectivity index (χ2v) is 7.12. The Balaban J connectivity index is 2.65. The van der Waals surface area contributed by atoms with E-state index >= 15 is 0 Å². The summed E-state index contributed by atoms with van der Waals surface area (Å²) in [5.74, 6) is 1.11. The van der Waals surface area contributed by atoms with Crippen molar-refractivity contribution < 1.29 is 9.53 Å². The highest BCUT2D eigenvalue weighted by molar-refractivity contribution is 8.00. The van der Waals surface area contributed by atoms with E-state index in [2.05, 4.69) is 19.2 Å². The number of nitrogens with one attached hydrogen (secondary N) is 1. The molecule has 118 valence electrons. The van der Waals surface area contributed by atoms with Gasteiger partial charge in [0.2, 0.25) is 5.91 Å². The van der Waals surface area contributed by atoms with Gasteiger partial charge in [-0.15, -0.1) is 11.8 Å². The van der Waals surface area contributed by atoms with Crippen molar-refractivity contribution in [2.75, 3.05) is 13.7 Å². The van der Waals surface area contributed by atoms with Crippen LogP contribution in [0.3, 0.4) is 0 Å². The van der Waals surface area contributed by atoms with Gasteiger partial charge in [0.25, 0.3) is 0 Å². The SMILES string of the molecule is COc1ccc(SC(C)C(=O)NC(C)(CN)C(C)C)cc1. The highest BCUT2D eigenvalue weighted by atomic mass is 32.2. The quantitative estimate of drug-likeness (QED) is 0.760. The molecule has 0 aromatic heterocycles. The molecule has 3 N–H and O–H groups in total. The highest BCUT2D eigenvalue weighted by Gasteiger charge is 2.30. The lowest BCUT2D eigenvalue weighted by Gasteiger charge is -2.34. The van der Waals surface area contributed by atoms with E-state index in [0.29, 0.717) is 6.54 Å². The largest absolute Gasteiger partial charge is 0.497 e. The number of methoxy groups -OCH3 is 1. The van der Waals surface area contributed by atoms with Gasteiger partial charge in [-0.25, -0.2) is 0 Å². The smallest absolute Gasteiger partial charge is 0.233 e. The molecule has 0 radical (unpaired) electrons. The summed E-state index contributed by atoms with van der Waals surface area (Å²) in [6, 6.07) is 7.70. The molecule has 1 rings (SSSR count). The van der Waals surface area contributed by atoms with Crippen molar-refractivity contribution in [2.24, 2.45) is 11.7 Å². The third-order valence-electron chi connectivity index (χ3n) is 3.85. The summed E-state index contributed by atoms with van der Waals surface area (Å²) in [7, 11) is 1.64. The summed E-state index contributed by atoms with van der Waals surface area (Å²) in [6.45, 7) is 8.45. The Kier molecular flexibility index (Phi) is 6.55. The van der Waals surface area contributed by atoms with Gasteiger partial charge in [0, 0.05) is 11.4 Å². The Hall–Kier alpha value is -1.20. The van der Waals surface area contributed by atoms with Crippen molar-refractivity contribution in [2.45, 2.75) is 43.4 Å². The van der Waals surface area contributed by atoms with Gasteiger partial charge in [0.05, 0.1) is 17.9 Å². The van der Waals surface area contributed by atoms with Crippen LogP contribution in [-0.4, -0.2) is 30.4 Å². The fourth-order valence-electron chi connectivity index (χ4n) is 1.73. The first-order chi connectivity index (χ1) is 9.82. The standard InChI is InChI=1S/C16H26N2O2S/c1-11(2)16(4,10-17)18-15(19)12(3)21-14-8-6-13(20-5)7-9-14/h6-9,11-12H,10,17H2,1-5H3,(H,18,19). The van der Waals surface area contributed by atoms with Gasteiger partial charge >= 0.3 is 0 Å². The van der Waals surface area contributed by atoms with Crippen molar-refractivity contribution in [3.05, 3.63) is 24.3 Å². The fourth-order valence-corrected chi connectivity index (χ4v) is 2.59. The number of carbonyl (C=O) groups is 1. The van der Waals surface area contributed by atoms with E-state index < -0.39 is 0 Å². The zero-order valence-electron chi connectivity index (χ0n) is 13.5. The molecule has 0 aliphatic carbocycles. The first kappa shape index (κ1) is 17.9. The Morgan fingerprint density at radius 1 is 1.33 bits per heavy atom. The van der Waals surface area contributed by atoms with E-state index in [4.69, 9.17) is 10.5 Å². The zero-order chi connectivity index (χ0) is 16.0. The molecule has 1 amide bonds. The van der Waals surface area contributed by atoms with Crippen molar-refractivity contribution in [3.8, 4) is 5.75 Å². The van der Waals surface area contributed by atoms with E-state index in [-0.39, 0.29) is 22.6 Å². The number of carbonyl (C=O) groups excluding carboxylic acids is 1. The minimum absolute atomic E-state index is 0.0115. The molecular formula is C16H26N2O2S. The second kappa shape index (κ2) is 7.71. The number of hydrogen-bond acceptors (Lipinski definition) is 4. The van der Waals surface area contributed by atoms with Gasteiger partial charge in [0.1, 0.15) is 5.75 Å². The maximum atomic E-state index is 12.3. The molecule has 0 spiro atoms. The number of rotatable bonds is 7. The van der Waals surface area contributed by atoms with Gasteiger partial charge in [-0.2, -0.15) is 0 Å². The molecule has 0 aliphatic rings. The van der Waals surface area contributed by atoms with Gasteiger partial charge < -0.3 is 15.8 Å². The van der Waals surface area contributed by atoms with Crippen LogP contribution in [0.25, 0.3) is 0 Å². The van der Waals surface area contributed by atoms with Crippen LogP contribution in [0.5, 0.6) is 5.75 Å². The summed E-state index contributed by atoms with van der Waals surface area (Å²) in [5, 5.41) is 2.90. The van der Waals surface area contributed by atoms with Gasteiger partial charge in [0.15, 0.2) is 0 Å². The third kappa shape index (κ3) is 4.93. The molecule has 0 saturated heterocycles. The predicted octanol–water partition coefficient (Wildman–Crippen LogP) is 2.67. The van der Waals surface area contributed by atoms with Crippen LogP contribution in [0.1, 0.15) is 27.7 Å². The Morgan fingerprint density at radius 3 is 2.33 bits per heavy atom. The summed E-state index contributed by atoms with van der Waals surface area (Å²) >= 11 is 1.53. The minimum Gasteiger partial charge on any atom is -0.497 e. The van der Waals surface area contributed by atoms with E-state index in [9.17, 15) is 4.79 Å². The van der Waals surface area contributed by atoms with Gasteiger partial charge in [-0.05, 0) is 44.0 Å². The molecule has 1 aromatic carbocycles. The first-order valence-corrected chi connectivity index (χ1v) is 8.03. The Labute approximate surface area is 131 Å². The molecule has 2 atom stereocenters. The van der Waals surface area contributed by atoms with E-state index in [1.807, 2.05) is 38.1 Å². The van der Waals surface area contributed by atoms with Crippen LogP contribution < -0.4 is 15.8 Å². The molecular weight excluding hydrogens is 284 g/mol. The maximum Gasteiger partial charge on any atom is 0.233 e. The molecule has 0 bridgehead atoms. The highest BCUT2D eigenvalue weighted by Crippen LogP contribution is 2.26.